The maximum absolute atomic E-state index is 11.0. The highest BCUT2D eigenvalue weighted by Crippen LogP contribution is 2.37. The molecule has 4 nitrogen and oxygen atoms in total. The van der Waals surface area contributed by atoms with Crippen LogP contribution in [-0.4, -0.2) is 22.6 Å². The lowest BCUT2D eigenvalue weighted by Crippen LogP contribution is -2.17. The van der Waals surface area contributed by atoms with Gasteiger partial charge in [-0.15, -0.1) is 0 Å². The maximum Gasteiger partial charge on any atom is 0.128 e. The molecule has 3 aromatic carbocycles. The summed E-state index contributed by atoms with van der Waals surface area (Å²) in [6, 6.07) is 18.7. The Morgan fingerprint density at radius 1 is 0.656 bits per heavy atom. The van der Waals surface area contributed by atoms with Crippen LogP contribution in [0.15, 0.2) is 70.6 Å². The fourth-order valence-electron chi connectivity index (χ4n) is 3.32. The van der Waals surface area contributed by atoms with Crippen molar-refractivity contribution in [1.82, 2.24) is 0 Å². The van der Waals surface area contributed by atoms with E-state index < -0.39 is 0 Å². The van der Waals surface area contributed by atoms with Crippen LogP contribution in [0.2, 0.25) is 0 Å². The van der Waals surface area contributed by atoms with Crippen LogP contribution in [-0.2, 0) is 10.8 Å². The lowest BCUT2D eigenvalue weighted by molar-refractivity contribution is 0.444. The van der Waals surface area contributed by atoms with Crippen molar-refractivity contribution in [3.05, 3.63) is 82.9 Å². The lowest BCUT2D eigenvalue weighted by atomic mass is 9.79. The third-order valence-electron chi connectivity index (χ3n) is 5.32. The SMILES string of the molecule is CC(C)(C)c1cc(C=Nc2ccccc2N=Cc2ccccc2O)c(O)c(C(C)(C)C)c1. The highest BCUT2D eigenvalue weighted by Gasteiger charge is 2.24. The quantitative estimate of drug-likeness (QED) is 0.432. The van der Waals surface area contributed by atoms with Gasteiger partial charge in [-0.25, -0.2) is 0 Å². The summed E-state index contributed by atoms with van der Waals surface area (Å²) in [6.45, 7) is 12.8. The number of rotatable bonds is 4. The molecule has 0 aliphatic heterocycles. The number of hydrogen-bond donors (Lipinski definition) is 2. The van der Waals surface area contributed by atoms with Crippen molar-refractivity contribution in [3.63, 3.8) is 0 Å². The largest absolute Gasteiger partial charge is 0.507 e. The Morgan fingerprint density at radius 3 is 1.72 bits per heavy atom. The fourth-order valence-corrected chi connectivity index (χ4v) is 3.32. The first kappa shape index (κ1) is 23.3. The van der Waals surface area contributed by atoms with Crippen molar-refractivity contribution in [2.75, 3.05) is 0 Å². The van der Waals surface area contributed by atoms with Crippen molar-refractivity contribution >= 4 is 23.8 Å². The summed E-state index contributed by atoms with van der Waals surface area (Å²) in [5, 5.41) is 21.0. The predicted molar refractivity (Wildman–Crippen MR) is 135 cm³/mol. The van der Waals surface area contributed by atoms with E-state index in [-0.39, 0.29) is 22.3 Å². The minimum Gasteiger partial charge on any atom is -0.507 e. The minimum absolute atomic E-state index is 0.0593. The molecule has 0 aromatic heterocycles. The van der Waals surface area contributed by atoms with E-state index in [4.69, 9.17) is 0 Å². The molecule has 166 valence electrons. The Hall–Kier alpha value is -3.40. The number of hydrogen-bond acceptors (Lipinski definition) is 4. The van der Waals surface area contributed by atoms with Crippen molar-refractivity contribution < 1.29 is 10.2 Å². The maximum atomic E-state index is 11.0. The van der Waals surface area contributed by atoms with Crippen molar-refractivity contribution in [2.24, 2.45) is 9.98 Å². The molecule has 0 radical (unpaired) electrons. The summed E-state index contributed by atoms with van der Waals surface area (Å²) >= 11 is 0. The average Bonchev–Trinajstić information content (AvgIpc) is 2.71. The van der Waals surface area contributed by atoms with Gasteiger partial charge in [0.15, 0.2) is 0 Å². The van der Waals surface area contributed by atoms with Gasteiger partial charge in [-0.3, -0.25) is 9.98 Å². The summed E-state index contributed by atoms with van der Waals surface area (Å²) in [6.07, 6.45) is 3.33. The van der Waals surface area contributed by atoms with Crippen molar-refractivity contribution in [3.8, 4) is 11.5 Å². The Labute approximate surface area is 191 Å². The van der Waals surface area contributed by atoms with E-state index in [1.165, 1.54) is 0 Å². The van der Waals surface area contributed by atoms with E-state index in [9.17, 15) is 10.2 Å². The van der Waals surface area contributed by atoms with Gasteiger partial charge in [-0.05, 0) is 46.7 Å². The van der Waals surface area contributed by atoms with Crippen molar-refractivity contribution in [1.29, 1.82) is 0 Å². The highest BCUT2D eigenvalue weighted by atomic mass is 16.3. The second-order valence-electron chi connectivity index (χ2n) is 10.0. The zero-order valence-electron chi connectivity index (χ0n) is 19.7. The van der Waals surface area contributed by atoms with Gasteiger partial charge < -0.3 is 10.2 Å². The molecule has 32 heavy (non-hydrogen) atoms. The molecule has 0 amide bonds. The molecule has 0 aliphatic rings. The Balaban J connectivity index is 2.03. The number of phenolic OH excluding ortho intramolecular Hbond substituents is 2. The molecule has 0 fully saturated rings. The van der Waals surface area contributed by atoms with Crippen LogP contribution in [0, 0.1) is 0 Å². The van der Waals surface area contributed by atoms with E-state index in [0.717, 1.165) is 11.1 Å². The Morgan fingerprint density at radius 2 is 1.19 bits per heavy atom. The van der Waals surface area contributed by atoms with E-state index in [2.05, 4.69) is 57.6 Å². The molecule has 2 N–H and O–H groups in total. The number of nitrogens with zero attached hydrogens (tertiary/aromatic N) is 2. The highest BCUT2D eigenvalue weighted by molar-refractivity contribution is 5.90. The van der Waals surface area contributed by atoms with Gasteiger partial charge in [0.2, 0.25) is 0 Å². The Bertz CT molecular complexity index is 1160. The molecular formula is C28H32N2O2. The number of aromatic hydroxyl groups is 2. The van der Waals surface area contributed by atoms with Gasteiger partial charge in [-0.1, -0.05) is 71.9 Å². The van der Waals surface area contributed by atoms with E-state index in [1.807, 2.05) is 36.4 Å². The summed E-state index contributed by atoms with van der Waals surface area (Å²) < 4.78 is 0. The molecule has 0 aliphatic carbocycles. The third-order valence-corrected chi connectivity index (χ3v) is 5.32. The topological polar surface area (TPSA) is 65.2 Å². The molecule has 4 heteroatoms. The normalized spacial score (nSPS) is 12.7. The van der Waals surface area contributed by atoms with Gasteiger partial charge in [0, 0.05) is 29.1 Å². The molecule has 0 spiro atoms. The third kappa shape index (κ3) is 5.44. The second kappa shape index (κ2) is 8.99. The van der Waals surface area contributed by atoms with Crippen LogP contribution in [0.4, 0.5) is 11.4 Å². The van der Waals surface area contributed by atoms with Crippen LogP contribution in [0.25, 0.3) is 0 Å². The fraction of sp³-hybridized carbons (Fsp3) is 0.286. The number of para-hydroxylation sites is 3. The first-order chi connectivity index (χ1) is 15.0. The van der Waals surface area contributed by atoms with Crippen LogP contribution in [0.1, 0.15) is 63.8 Å². The van der Waals surface area contributed by atoms with Gasteiger partial charge in [0.1, 0.15) is 11.5 Å². The standard InChI is InChI=1S/C28H32N2O2/c1-27(2,3)21-15-20(26(32)22(16-21)28(4,5)6)18-30-24-13-9-8-12-23(24)29-17-19-11-7-10-14-25(19)31/h7-18,31-32H,1-6H3. The zero-order valence-corrected chi connectivity index (χ0v) is 19.7. The van der Waals surface area contributed by atoms with Crippen LogP contribution in [0.5, 0.6) is 11.5 Å². The van der Waals surface area contributed by atoms with Gasteiger partial charge >= 0.3 is 0 Å². The molecule has 0 bridgehead atoms. The molecule has 0 unspecified atom stereocenters. The molecule has 0 atom stereocenters. The van der Waals surface area contributed by atoms with Crippen LogP contribution < -0.4 is 0 Å². The van der Waals surface area contributed by atoms with E-state index in [1.54, 1.807) is 30.6 Å². The van der Waals surface area contributed by atoms with Crippen LogP contribution in [0.3, 0.4) is 0 Å². The predicted octanol–water partition coefficient (Wildman–Crippen LogP) is 7.19. The zero-order chi connectivity index (χ0) is 23.5. The minimum atomic E-state index is -0.201. The molecule has 0 saturated carbocycles. The Kier molecular flexibility index (Phi) is 6.54. The monoisotopic (exact) mass is 428 g/mol. The van der Waals surface area contributed by atoms with Gasteiger partial charge in [0.05, 0.1) is 11.4 Å². The summed E-state index contributed by atoms with van der Waals surface area (Å²) in [5.41, 5.74) is 4.46. The molecular weight excluding hydrogens is 396 g/mol. The number of phenols is 2. The summed E-state index contributed by atoms with van der Waals surface area (Å²) in [5.74, 6) is 0.431. The van der Waals surface area contributed by atoms with Crippen molar-refractivity contribution in [2.45, 2.75) is 52.4 Å². The first-order valence-electron chi connectivity index (χ1n) is 10.8. The summed E-state index contributed by atoms with van der Waals surface area (Å²) in [4.78, 5) is 9.18. The van der Waals surface area contributed by atoms with E-state index >= 15 is 0 Å². The number of benzene rings is 3. The molecule has 0 saturated heterocycles. The summed E-state index contributed by atoms with van der Waals surface area (Å²) in [7, 11) is 0. The molecule has 0 heterocycles. The second-order valence-corrected chi connectivity index (χ2v) is 10.0. The smallest absolute Gasteiger partial charge is 0.128 e. The molecule has 3 aromatic rings. The van der Waals surface area contributed by atoms with Gasteiger partial charge in [-0.2, -0.15) is 0 Å². The average molecular weight is 429 g/mol. The van der Waals surface area contributed by atoms with Crippen LogP contribution >= 0.6 is 0 Å². The number of aliphatic imine (C=N–C) groups is 2. The molecule has 3 rings (SSSR count). The first-order valence-corrected chi connectivity index (χ1v) is 10.8. The lowest BCUT2D eigenvalue weighted by Gasteiger charge is -2.27. The van der Waals surface area contributed by atoms with E-state index in [0.29, 0.717) is 22.5 Å². The van der Waals surface area contributed by atoms with Gasteiger partial charge in [0.25, 0.3) is 0 Å².